The number of nitrogens with zero attached hydrogens (tertiary/aromatic N) is 3. The van der Waals surface area contributed by atoms with E-state index in [0.717, 1.165) is 53.7 Å². The molecule has 4 rings (SSSR count). The maximum atomic E-state index is 9.81. The predicted octanol–water partition coefficient (Wildman–Crippen LogP) is 4.45. The molecule has 0 aliphatic heterocycles. The van der Waals surface area contributed by atoms with Gasteiger partial charge in [0, 0.05) is 6.04 Å². The van der Waals surface area contributed by atoms with Crippen LogP contribution in [0.5, 0.6) is 0 Å². The van der Waals surface area contributed by atoms with Gasteiger partial charge in [0.2, 0.25) is 0 Å². The Morgan fingerprint density at radius 1 is 1.25 bits per heavy atom. The monoisotopic (exact) mass is 318 g/mol. The zero-order valence-corrected chi connectivity index (χ0v) is 14.3. The van der Waals surface area contributed by atoms with Gasteiger partial charge in [0.1, 0.15) is 11.9 Å². The molecule has 2 aromatic heterocycles. The molecule has 4 nitrogen and oxygen atoms in total. The number of nitriles is 1. The Bertz CT molecular complexity index is 961. The number of fused-ring (bicyclic) bond motifs is 4. The fraction of sp³-hybridized carbons (Fsp3) is 0.400. The van der Waals surface area contributed by atoms with Gasteiger partial charge in [-0.25, -0.2) is 4.98 Å². The Morgan fingerprint density at radius 3 is 2.75 bits per heavy atom. The van der Waals surface area contributed by atoms with Gasteiger partial charge in [0.25, 0.3) is 0 Å². The average Bonchev–Trinajstić information content (AvgIpc) is 3.00. The summed E-state index contributed by atoms with van der Waals surface area (Å²) >= 11 is 0. The number of aromatic nitrogens is 2. The normalized spacial score (nSPS) is 15.2. The van der Waals surface area contributed by atoms with E-state index in [9.17, 15) is 5.26 Å². The van der Waals surface area contributed by atoms with E-state index in [0.29, 0.717) is 6.04 Å². The molecule has 24 heavy (non-hydrogen) atoms. The molecular weight excluding hydrogens is 296 g/mol. The summed E-state index contributed by atoms with van der Waals surface area (Å²) in [4.78, 5) is 4.79. The first-order valence-electron chi connectivity index (χ1n) is 8.86. The lowest BCUT2D eigenvalue weighted by Gasteiger charge is -2.25. The Kier molecular flexibility index (Phi) is 3.65. The quantitative estimate of drug-likeness (QED) is 0.776. The Balaban J connectivity index is 2.14. The summed E-state index contributed by atoms with van der Waals surface area (Å²) in [5.74, 6) is 1.14. The Labute approximate surface area is 142 Å². The second kappa shape index (κ2) is 5.83. The highest BCUT2D eigenvalue weighted by Gasteiger charge is 2.24. The minimum Gasteiger partial charge on any atom is -0.368 e. The highest BCUT2D eigenvalue weighted by molar-refractivity contribution is 5.86. The van der Waals surface area contributed by atoms with Crippen molar-refractivity contribution in [3.05, 3.63) is 41.0 Å². The topological polar surface area (TPSA) is 53.1 Å². The van der Waals surface area contributed by atoms with Gasteiger partial charge in [-0.05, 0) is 62.3 Å². The van der Waals surface area contributed by atoms with Crippen molar-refractivity contribution >= 4 is 22.5 Å². The minimum atomic E-state index is 0.383. The zero-order valence-electron chi connectivity index (χ0n) is 14.3. The SMILES string of the molecule is CCC(C)Nc1c2c(c(C#N)c3nc4ccccc4n13)CCCC2. The fourth-order valence-corrected chi connectivity index (χ4v) is 3.74. The summed E-state index contributed by atoms with van der Waals surface area (Å²) < 4.78 is 2.17. The van der Waals surface area contributed by atoms with Crippen LogP contribution in [0.1, 0.15) is 49.8 Å². The number of imidazole rings is 1. The van der Waals surface area contributed by atoms with Crippen LogP contribution in [0.25, 0.3) is 16.7 Å². The molecule has 1 unspecified atom stereocenters. The maximum absolute atomic E-state index is 9.81. The van der Waals surface area contributed by atoms with Gasteiger partial charge in [-0.15, -0.1) is 0 Å². The van der Waals surface area contributed by atoms with E-state index < -0.39 is 0 Å². The number of para-hydroxylation sites is 2. The molecule has 0 saturated heterocycles. The third-order valence-corrected chi connectivity index (χ3v) is 5.17. The molecule has 0 spiro atoms. The molecule has 3 aromatic rings. The van der Waals surface area contributed by atoms with E-state index in [1.54, 1.807) is 0 Å². The molecule has 0 saturated carbocycles. The number of hydrogen-bond donors (Lipinski definition) is 1. The van der Waals surface area contributed by atoms with Crippen LogP contribution in [0, 0.1) is 11.3 Å². The third kappa shape index (κ3) is 2.16. The van der Waals surface area contributed by atoms with Crippen LogP contribution < -0.4 is 5.32 Å². The maximum Gasteiger partial charge on any atom is 0.157 e. The van der Waals surface area contributed by atoms with Gasteiger partial charge in [0.05, 0.1) is 16.6 Å². The molecule has 1 aliphatic rings. The van der Waals surface area contributed by atoms with Gasteiger partial charge in [0.15, 0.2) is 5.65 Å². The van der Waals surface area contributed by atoms with Gasteiger partial charge in [-0.2, -0.15) is 5.26 Å². The first-order chi connectivity index (χ1) is 11.7. The van der Waals surface area contributed by atoms with Crippen LogP contribution in [-0.4, -0.2) is 15.4 Å². The van der Waals surface area contributed by atoms with Gasteiger partial charge in [-0.1, -0.05) is 19.1 Å². The van der Waals surface area contributed by atoms with Crippen molar-refractivity contribution in [2.75, 3.05) is 5.32 Å². The van der Waals surface area contributed by atoms with Crippen LogP contribution in [0.4, 0.5) is 5.82 Å². The smallest absolute Gasteiger partial charge is 0.157 e. The molecule has 0 amide bonds. The molecule has 1 aromatic carbocycles. The number of nitrogens with one attached hydrogen (secondary N) is 1. The molecule has 4 heteroatoms. The van der Waals surface area contributed by atoms with E-state index in [2.05, 4.69) is 35.7 Å². The molecule has 1 atom stereocenters. The van der Waals surface area contributed by atoms with Crippen molar-refractivity contribution in [2.24, 2.45) is 0 Å². The van der Waals surface area contributed by atoms with E-state index in [1.165, 1.54) is 17.5 Å². The third-order valence-electron chi connectivity index (χ3n) is 5.17. The predicted molar refractivity (Wildman–Crippen MR) is 97.4 cm³/mol. The largest absolute Gasteiger partial charge is 0.368 e. The molecular formula is C20H22N4. The van der Waals surface area contributed by atoms with Crippen LogP contribution >= 0.6 is 0 Å². The second-order valence-electron chi connectivity index (χ2n) is 6.71. The molecule has 0 fully saturated rings. The Hall–Kier alpha value is -2.54. The first kappa shape index (κ1) is 15.0. The van der Waals surface area contributed by atoms with E-state index in [4.69, 9.17) is 4.98 Å². The van der Waals surface area contributed by atoms with Crippen LogP contribution in [0.3, 0.4) is 0 Å². The lowest BCUT2D eigenvalue weighted by atomic mass is 9.89. The van der Waals surface area contributed by atoms with Crippen LogP contribution in [-0.2, 0) is 12.8 Å². The molecule has 1 aliphatic carbocycles. The number of benzene rings is 1. The summed E-state index contributed by atoms with van der Waals surface area (Å²) in [6.07, 6.45) is 5.41. The number of anilines is 1. The molecule has 0 radical (unpaired) electrons. The standard InChI is InChI=1S/C20H22N4/c1-3-13(2)22-19-15-9-5-4-8-14(15)16(12-21)20-23-17-10-6-7-11-18(17)24(19)20/h6-7,10-11,13,22H,3-5,8-9H2,1-2H3. The van der Waals surface area contributed by atoms with E-state index in [-0.39, 0.29) is 0 Å². The summed E-state index contributed by atoms with van der Waals surface area (Å²) in [6.45, 7) is 4.40. The first-order valence-corrected chi connectivity index (χ1v) is 8.86. The highest BCUT2D eigenvalue weighted by Crippen LogP contribution is 2.35. The van der Waals surface area contributed by atoms with Gasteiger partial charge in [-0.3, -0.25) is 4.40 Å². The van der Waals surface area contributed by atoms with Crippen LogP contribution in [0.15, 0.2) is 24.3 Å². The lowest BCUT2D eigenvalue weighted by Crippen LogP contribution is -2.20. The number of pyridine rings is 1. The minimum absolute atomic E-state index is 0.383. The zero-order chi connectivity index (χ0) is 16.7. The van der Waals surface area contributed by atoms with Crippen molar-refractivity contribution in [1.82, 2.24) is 9.38 Å². The molecule has 122 valence electrons. The number of hydrogen-bond acceptors (Lipinski definition) is 3. The van der Waals surface area contributed by atoms with Crippen molar-refractivity contribution in [3.8, 4) is 6.07 Å². The van der Waals surface area contributed by atoms with Crippen molar-refractivity contribution in [1.29, 1.82) is 5.26 Å². The summed E-state index contributed by atoms with van der Waals surface area (Å²) in [7, 11) is 0. The van der Waals surface area contributed by atoms with Gasteiger partial charge >= 0.3 is 0 Å². The fourth-order valence-electron chi connectivity index (χ4n) is 3.74. The lowest BCUT2D eigenvalue weighted by molar-refractivity contribution is 0.676. The van der Waals surface area contributed by atoms with Crippen LogP contribution in [0.2, 0.25) is 0 Å². The molecule has 2 heterocycles. The van der Waals surface area contributed by atoms with E-state index in [1.807, 2.05) is 18.2 Å². The highest BCUT2D eigenvalue weighted by atomic mass is 15.1. The van der Waals surface area contributed by atoms with Crippen molar-refractivity contribution in [2.45, 2.75) is 52.0 Å². The van der Waals surface area contributed by atoms with E-state index >= 15 is 0 Å². The molecule has 0 bridgehead atoms. The van der Waals surface area contributed by atoms with Gasteiger partial charge < -0.3 is 5.32 Å². The Morgan fingerprint density at radius 2 is 2.00 bits per heavy atom. The van der Waals surface area contributed by atoms with Crippen molar-refractivity contribution < 1.29 is 0 Å². The second-order valence-corrected chi connectivity index (χ2v) is 6.71. The van der Waals surface area contributed by atoms with Crippen molar-refractivity contribution in [3.63, 3.8) is 0 Å². The average molecular weight is 318 g/mol. The number of rotatable bonds is 3. The summed E-state index contributed by atoms with van der Waals surface area (Å²) in [5, 5.41) is 13.5. The summed E-state index contributed by atoms with van der Waals surface area (Å²) in [6, 6.07) is 11.0. The molecule has 1 N–H and O–H groups in total. The summed E-state index contributed by atoms with van der Waals surface area (Å²) in [5.41, 5.74) is 6.10.